The molecule has 0 fully saturated rings. The number of anilines is 2. The van der Waals surface area contributed by atoms with Crippen molar-refractivity contribution in [1.29, 1.82) is 0 Å². The summed E-state index contributed by atoms with van der Waals surface area (Å²) in [5.74, 6) is 0.799. The van der Waals surface area contributed by atoms with E-state index in [9.17, 15) is 9.59 Å². The van der Waals surface area contributed by atoms with Crippen molar-refractivity contribution in [2.24, 2.45) is 0 Å². The Morgan fingerprint density at radius 2 is 1.00 bits per heavy atom. The highest BCUT2D eigenvalue weighted by molar-refractivity contribution is 5.93. The lowest BCUT2D eigenvalue weighted by atomic mass is 10.0. The quantitative estimate of drug-likeness (QED) is 0.631. The molecule has 144 valence electrons. The van der Waals surface area contributed by atoms with Gasteiger partial charge in [0.25, 0.3) is 0 Å². The van der Waals surface area contributed by atoms with E-state index in [0.717, 1.165) is 11.4 Å². The Morgan fingerprint density at radius 3 is 1.30 bits per heavy atom. The SMILES string of the molecule is CC(C)c1ccc(NC(=O)CCCC(=O)Nc2ccc(C(C)C)cc2)cc1. The minimum atomic E-state index is -0.0682. The van der Waals surface area contributed by atoms with Gasteiger partial charge in [-0.15, -0.1) is 0 Å². The topological polar surface area (TPSA) is 58.2 Å². The first-order valence-corrected chi connectivity index (χ1v) is 9.64. The highest BCUT2D eigenvalue weighted by atomic mass is 16.2. The number of benzene rings is 2. The second kappa shape index (κ2) is 9.91. The van der Waals surface area contributed by atoms with Crippen molar-refractivity contribution in [3.63, 3.8) is 0 Å². The summed E-state index contributed by atoms with van der Waals surface area (Å²) >= 11 is 0. The molecule has 0 saturated heterocycles. The molecule has 0 bridgehead atoms. The first kappa shape index (κ1) is 20.7. The molecule has 0 radical (unpaired) electrons. The molecule has 0 spiro atoms. The Balaban J connectivity index is 1.71. The van der Waals surface area contributed by atoms with E-state index in [0.29, 0.717) is 31.1 Å². The van der Waals surface area contributed by atoms with E-state index in [4.69, 9.17) is 0 Å². The Kier molecular flexibility index (Phi) is 7.59. The molecule has 0 atom stereocenters. The van der Waals surface area contributed by atoms with E-state index in [2.05, 4.69) is 38.3 Å². The van der Waals surface area contributed by atoms with Gasteiger partial charge in [0.15, 0.2) is 0 Å². The van der Waals surface area contributed by atoms with E-state index in [1.807, 2.05) is 48.5 Å². The molecule has 4 nitrogen and oxygen atoms in total. The minimum Gasteiger partial charge on any atom is -0.326 e. The molecule has 2 aromatic carbocycles. The minimum absolute atomic E-state index is 0.0682. The summed E-state index contributed by atoms with van der Waals surface area (Å²) in [6.07, 6.45) is 1.17. The normalized spacial score (nSPS) is 10.9. The van der Waals surface area contributed by atoms with Crippen LogP contribution in [-0.4, -0.2) is 11.8 Å². The molecule has 2 rings (SSSR count). The van der Waals surface area contributed by atoms with Gasteiger partial charge < -0.3 is 10.6 Å². The van der Waals surface area contributed by atoms with Crippen molar-refractivity contribution in [2.75, 3.05) is 10.6 Å². The van der Waals surface area contributed by atoms with Crippen molar-refractivity contribution < 1.29 is 9.59 Å². The van der Waals surface area contributed by atoms with Crippen LogP contribution in [0.15, 0.2) is 48.5 Å². The number of carbonyl (C=O) groups is 2. The fourth-order valence-electron chi connectivity index (χ4n) is 2.76. The van der Waals surface area contributed by atoms with E-state index in [1.165, 1.54) is 11.1 Å². The van der Waals surface area contributed by atoms with Crippen LogP contribution >= 0.6 is 0 Å². The fraction of sp³-hybridized carbons (Fsp3) is 0.391. The Hall–Kier alpha value is -2.62. The summed E-state index contributed by atoms with van der Waals surface area (Å²) in [5, 5.41) is 5.76. The van der Waals surface area contributed by atoms with Crippen LogP contribution in [0.2, 0.25) is 0 Å². The number of amides is 2. The second-order valence-corrected chi connectivity index (χ2v) is 7.50. The van der Waals surface area contributed by atoms with Crippen LogP contribution in [-0.2, 0) is 9.59 Å². The van der Waals surface area contributed by atoms with Crippen LogP contribution in [0.4, 0.5) is 11.4 Å². The number of nitrogens with one attached hydrogen (secondary N) is 2. The van der Waals surface area contributed by atoms with Crippen molar-refractivity contribution in [3.8, 4) is 0 Å². The molecule has 27 heavy (non-hydrogen) atoms. The highest BCUT2D eigenvalue weighted by Gasteiger charge is 2.07. The third-order valence-electron chi connectivity index (χ3n) is 4.53. The highest BCUT2D eigenvalue weighted by Crippen LogP contribution is 2.18. The molecule has 0 aliphatic heterocycles. The first-order valence-electron chi connectivity index (χ1n) is 9.64. The van der Waals surface area contributed by atoms with E-state index in [1.54, 1.807) is 0 Å². The lowest BCUT2D eigenvalue weighted by molar-refractivity contribution is -0.117. The van der Waals surface area contributed by atoms with Gasteiger partial charge >= 0.3 is 0 Å². The van der Waals surface area contributed by atoms with Gasteiger partial charge in [0.1, 0.15) is 0 Å². The van der Waals surface area contributed by atoms with Gasteiger partial charge in [0.2, 0.25) is 11.8 Å². The maximum Gasteiger partial charge on any atom is 0.224 e. The van der Waals surface area contributed by atoms with Crippen LogP contribution in [0, 0.1) is 0 Å². The van der Waals surface area contributed by atoms with Crippen LogP contribution in [0.5, 0.6) is 0 Å². The van der Waals surface area contributed by atoms with Crippen molar-refractivity contribution in [3.05, 3.63) is 59.7 Å². The third-order valence-corrected chi connectivity index (χ3v) is 4.53. The molecule has 0 aliphatic rings. The van der Waals surface area contributed by atoms with Gasteiger partial charge in [0.05, 0.1) is 0 Å². The Bertz CT molecular complexity index is 681. The monoisotopic (exact) mass is 366 g/mol. The molecule has 0 aromatic heterocycles. The summed E-state index contributed by atoms with van der Waals surface area (Å²) in [7, 11) is 0. The number of carbonyl (C=O) groups excluding carboxylic acids is 2. The Morgan fingerprint density at radius 1 is 0.667 bits per heavy atom. The third kappa shape index (κ3) is 6.89. The lowest BCUT2D eigenvalue weighted by Crippen LogP contribution is -2.15. The Labute approximate surface area is 162 Å². The van der Waals surface area contributed by atoms with Crippen LogP contribution in [0.1, 0.15) is 69.9 Å². The van der Waals surface area contributed by atoms with E-state index in [-0.39, 0.29) is 11.8 Å². The lowest BCUT2D eigenvalue weighted by Gasteiger charge is -2.09. The van der Waals surface area contributed by atoms with Gasteiger partial charge in [-0.3, -0.25) is 9.59 Å². The van der Waals surface area contributed by atoms with E-state index < -0.39 is 0 Å². The predicted molar refractivity (Wildman–Crippen MR) is 112 cm³/mol. The summed E-state index contributed by atoms with van der Waals surface area (Å²) in [6, 6.07) is 15.8. The summed E-state index contributed by atoms with van der Waals surface area (Å²) in [5.41, 5.74) is 4.07. The fourth-order valence-corrected chi connectivity index (χ4v) is 2.76. The molecule has 4 heteroatoms. The number of hydrogen-bond donors (Lipinski definition) is 2. The van der Waals surface area contributed by atoms with Gasteiger partial charge in [-0.1, -0.05) is 52.0 Å². The van der Waals surface area contributed by atoms with Crippen LogP contribution < -0.4 is 10.6 Å². The molecule has 2 aromatic rings. The molecule has 0 aliphatic carbocycles. The molecule has 2 N–H and O–H groups in total. The molecule has 0 saturated carbocycles. The number of hydrogen-bond acceptors (Lipinski definition) is 2. The zero-order valence-electron chi connectivity index (χ0n) is 16.7. The maximum atomic E-state index is 12.0. The van der Waals surface area contributed by atoms with E-state index >= 15 is 0 Å². The zero-order valence-corrected chi connectivity index (χ0v) is 16.7. The van der Waals surface area contributed by atoms with Gasteiger partial charge in [-0.25, -0.2) is 0 Å². The second-order valence-electron chi connectivity index (χ2n) is 7.50. The molecule has 0 heterocycles. The summed E-state index contributed by atoms with van der Waals surface area (Å²) in [6.45, 7) is 8.54. The van der Waals surface area contributed by atoms with Crippen molar-refractivity contribution in [1.82, 2.24) is 0 Å². The molecular weight excluding hydrogens is 336 g/mol. The maximum absolute atomic E-state index is 12.0. The average Bonchev–Trinajstić information content (AvgIpc) is 2.62. The largest absolute Gasteiger partial charge is 0.326 e. The van der Waals surface area contributed by atoms with Gasteiger partial charge in [-0.05, 0) is 53.6 Å². The molecule has 2 amide bonds. The van der Waals surface area contributed by atoms with Crippen LogP contribution in [0.3, 0.4) is 0 Å². The van der Waals surface area contributed by atoms with Crippen LogP contribution in [0.25, 0.3) is 0 Å². The first-order chi connectivity index (χ1) is 12.8. The average molecular weight is 367 g/mol. The summed E-state index contributed by atoms with van der Waals surface area (Å²) in [4.78, 5) is 24.1. The van der Waals surface area contributed by atoms with Gasteiger partial charge in [0, 0.05) is 24.2 Å². The smallest absolute Gasteiger partial charge is 0.224 e. The zero-order chi connectivity index (χ0) is 19.8. The number of rotatable bonds is 8. The van der Waals surface area contributed by atoms with Crippen molar-refractivity contribution >= 4 is 23.2 Å². The standard InChI is InChI=1S/C23H30N2O2/c1-16(2)18-8-12-20(13-9-18)24-22(26)6-5-7-23(27)25-21-14-10-19(11-15-21)17(3)4/h8-17H,5-7H2,1-4H3,(H,24,26)(H,25,27). The molecule has 0 unspecified atom stereocenters. The molecular formula is C23H30N2O2. The van der Waals surface area contributed by atoms with Gasteiger partial charge in [-0.2, -0.15) is 0 Å². The predicted octanol–water partition coefficient (Wildman–Crippen LogP) is 5.68. The van der Waals surface area contributed by atoms with Crippen molar-refractivity contribution in [2.45, 2.75) is 58.8 Å². The summed E-state index contributed by atoms with van der Waals surface area (Å²) < 4.78 is 0.